The first kappa shape index (κ1) is 20.6. The maximum atomic E-state index is 13.2. The maximum absolute atomic E-state index is 13.2. The molecule has 4 rings (SSSR count). The summed E-state index contributed by atoms with van der Waals surface area (Å²) in [6.07, 6.45) is 0. The SMILES string of the molecule is O=C(CSc1nc2cc(Cl)ccc2c(=O)n1-c1ccc(Cl)cc1)c1ccc(F)cc1. The Bertz CT molecular complexity index is 1310. The number of rotatable bonds is 5. The molecule has 4 aromatic rings. The van der Waals surface area contributed by atoms with Gasteiger partial charge in [-0.1, -0.05) is 35.0 Å². The smallest absolute Gasteiger partial charge is 0.266 e. The summed E-state index contributed by atoms with van der Waals surface area (Å²) in [6.45, 7) is 0. The standard InChI is InChI=1S/C22H13Cl2FN2O2S/c23-14-3-8-17(9-4-14)27-21(29)18-10-5-15(24)11-19(18)26-22(27)30-12-20(28)13-1-6-16(25)7-2-13/h1-11H,12H2. The Kier molecular flexibility index (Phi) is 5.90. The Balaban J connectivity index is 1.77. The Labute approximate surface area is 185 Å². The molecular formula is C22H13Cl2FN2O2S. The van der Waals surface area contributed by atoms with Gasteiger partial charge in [-0.3, -0.25) is 14.2 Å². The van der Waals surface area contributed by atoms with Gasteiger partial charge in [0.2, 0.25) is 0 Å². The van der Waals surface area contributed by atoms with Crippen molar-refractivity contribution in [2.75, 3.05) is 5.75 Å². The zero-order valence-corrected chi connectivity index (χ0v) is 17.6. The molecule has 0 bridgehead atoms. The second kappa shape index (κ2) is 8.60. The Morgan fingerprint density at radius 3 is 2.33 bits per heavy atom. The molecule has 0 unspecified atom stereocenters. The Morgan fingerprint density at radius 1 is 0.967 bits per heavy atom. The van der Waals surface area contributed by atoms with Gasteiger partial charge in [0.25, 0.3) is 5.56 Å². The molecule has 0 spiro atoms. The van der Waals surface area contributed by atoms with Crippen LogP contribution in [0.4, 0.5) is 4.39 Å². The van der Waals surface area contributed by atoms with E-state index in [-0.39, 0.29) is 17.1 Å². The van der Waals surface area contributed by atoms with E-state index in [1.807, 2.05) is 0 Å². The van der Waals surface area contributed by atoms with E-state index in [9.17, 15) is 14.0 Å². The van der Waals surface area contributed by atoms with Crippen LogP contribution in [-0.4, -0.2) is 21.1 Å². The lowest BCUT2D eigenvalue weighted by atomic mass is 10.1. The summed E-state index contributed by atoms with van der Waals surface area (Å²) in [5, 5.41) is 1.74. The summed E-state index contributed by atoms with van der Waals surface area (Å²) in [5.41, 5.74) is 1.11. The third-order valence-electron chi connectivity index (χ3n) is 4.38. The third-order valence-corrected chi connectivity index (χ3v) is 5.81. The molecule has 0 aliphatic rings. The fourth-order valence-electron chi connectivity index (χ4n) is 2.90. The molecular weight excluding hydrogens is 446 g/mol. The number of carbonyl (C=O) groups is 1. The molecule has 1 heterocycles. The highest BCUT2D eigenvalue weighted by molar-refractivity contribution is 7.99. The van der Waals surface area contributed by atoms with Crippen LogP contribution in [0.5, 0.6) is 0 Å². The summed E-state index contributed by atoms with van der Waals surface area (Å²) in [6, 6.07) is 16.9. The molecule has 0 N–H and O–H groups in total. The highest BCUT2D eigenvalue weighted by atomic mass is 35.5. The number of thioether (sulfide) groups is 1. The molecule has 1 aromatic heterocycles. The molecule has 0 saturated heterocycles. The van der Waals surface area contributed by atoms with E-state index in [1.54, 1.807) is 42.5 Å². The zero-order valence-electron chi connectivity index (χ0n) is 15.3. The van der Waals surface area contributed by atoms with Crippen LogP contribution in [0.1, 0.15) is 10.4 Å². The van der Waals surface area contributed by atoms with E-state index in [4.69, 9.17) is 23.2 Å². The molecule has 30 heavy (non-hydrogen) atoms. The largest absolute Gasteiger partial charge is 0.293 e. The lowest BCUT2D eigenvalue weighted by Crippen LogP contribution is -2.22. The van der Waals surface area contributed by atoms with Crippen LogP contribution in [0.2, 0.25) is 10.0 Å². The highest BCUT2D eigenvalue weighted by Gasteiger charge is 2.16. The van der Waals surface area contributed by atoms with E-state index in [2.05, 4.69) is 4.98 Å². The van der Waals surface area contributed by atoms with Gasteiger partial charge in [0.1, 0.15) is 5.82 Å². The predicted octanol–water partition coefficient (Wildman–Crippen LogP) is 5.81. The molecule has 0 amide bonds. The Morgan fingerprint density at radius 2 is 1.63 bits per heavy atom. The van der Waals surface area contributed by atoms with E-state index < -0.39 is 5.82 Å². The van der Waals surface area contributed by atoms with Gasteiger partial charge in [0.05, 0.1) is 22.3 Å². The summed E-state index contributed by atoms with van der Waals surface area (Å²) < 4.78 is 14.6. The van der Waals surface area contributed by atoms with Crippen molar-refractivity contribution in [2.45, 2.75) is 5.16 Å². The van der Waals surface area contributed by atoms with Crippen molar-refractivity contribution in [3.05, 3.63) is 98.5 Å². The van der Waals surface area contributed by atoms with Gasteiger partial charge in [-0.05, 0) is 66.7 Å². The number of fused-ring (bicyclic) bond motifs is 1. The second-order valence-corrected chi connectivity index (χ2v) is 8.21. The number of nitrogens with zero attached hydrogens (tertiary/aromatic N) is 2. The number of ketones is 1. The number of aromatic nitrogens is 2. The van der Waals surface area contributed by atoms with Crippen LogP contribution in [0, 0.1) is 5.82 Å². The summed E-state index contributed by atoms with van der Waals surface area (Å²) in [4.78, 5) is 30.3. The summed E-state index contributed by atoms with van der Waals surface area (Å²) in [5.74, 6) is -0.593. The van der Waals surface area contributed by atoms with E-state index >= 15 is 0 Å². The molecule has 0 aliphatic heterocycles. The van der Waals surface area contributed by atoms with Crippen LogP contribution in [-0.2, 0) is 0 Å². The van der Waals surface area contributed by atoms with Crippen molar-refractivity contribution in [2.24, 2.45) is 0 Å². The lowest BCUT2D eigenvalue weighted by molar-refractivity contribution is 0.102. The van der Waals surface area contributed by atoms with Crippen LogP contribution in [0.3, 0.4) is 0 Å². The minimum atomic E-state index is -0.413. The zero-order chi connectivity index (χ0) is 21.3. The number of Topliss-reactive ketones (excluding diaryl/α,β-unsaturated/α-hetero) is 1. The van der Waals surface area contributed by atoms with E-state index in [1.165, 1.54) is 28.8 Å². The van der Waals surface area contributed by atoms with Crippen LogP contribution < -0.4 is 5.56 Å². The first-order chi connectivity index (χ1) is 14.4. The minimum Gasteiger partial charge on any atom is -0.293 e. The van der Waals surface area contributed by atoms with Crippen molar-refractivity contribution in [3.8, 4) is 5.69 Å². The van der Waals surface area contributed by atoms with Crippen LogP contribution in [0.15, 0.2) is 76.7 Å². The number of halogens is 3. The molecule has 0 fully saturated rings. The Hall–Kier alpha value is -2.67. The molecule has 3 aromatic carbocycles. The van der Waals surface area contributed by atoms with Gasteiger partial charge >= 0.3 is 0 Å². The molecule has 4 nitrogen and oxygen atoms in total. The quantitative estimate of drug-likeness (QED) is 0.215. The van der Waals surface area contributed by atoms with Crippen molar-refractivity contribution >= 4 is 51.6 Å². The number of carbonyl (C=O) groups excluding carboxylic acids is 1. The first-order valence-corrected chi connectivity index (χ1v) is 10.6. The first-order valence-electron chi connectivity index (χ1n) is 8.82. The predicted molar refractivity (Wildman–Crippen MR) is 119 cm³/mol. The molecule has 8 heteroatoms. The van der Waals surface area contributed by atoms with Gasteiger partial charge in [-0.25, -0.2) is 9.37 Å². The van der Waals surface area contributed by atoms with E-state index in [0.29, 0.717) is 37.4 Å². The molecule has 0 aliphatic carbocycles. The van der Waals surface area contributed by atoms with Crippen LogP contribution in [0.25, 0.3) is 16.6 Å². The molecule has 0 saturated carbocycles. The van der Waals surface area contributed by atoms with Gasteiger partial charge in [-0.2, -0.15) is 0 Å². The topological polar surface area (TPSA) is 52.0 Å². The average Bonchev–Trinajstić information content (AvgIpc) is 2.73. The van der Waals surface area contributed by atoms with Gasteiger partial charge in [0, 0.05) is 15.6 Å². The van der Waals surface area contributed by atoms with Gasteiger partial charge < -0.3 is 0 Å². The number of hydrogen-bond acceptors (Lipinski definition) is 4. The number of benzene rings is 3. The lowest BCUT2D eigenvalue weighted by Gasteiger charge is -2.13. The van der Waals surface area contributed by atoms with Gasteiger partial charge in [0.15, 0.2) is 10.9 Å². The highest BCUT2D eigenvalue weighted by Crippen LogP contribution is 2.24. The maximum Gasteiger partial charge on any atom is 0.266 e. The third kappa shape index (κ3) is 4.26. The minimum absolute atomic E-state index is 0.0255. The average molecular weight is 459 g/mol. The molecule has 150 valence electrons. The second-order valence-electron chi connectivity index (χ2n) is 6.39. The van der Waals surface area contributed by atoms with Crippen molar-refractivity contribution in [1.82, 2.24) is 9.55 Å². The molecule has 0 radical (unpaired) electrons. The molecule has 0 atom stereocenters. The normalized spacial score (nSPS) is 11.0. The van der Waals surface area contributed by atoms with Crippen molar-refractivity contribution in [3.63, 3.8) is 0 Å². The van der Waals surface area contributed by atoms with Crippen molar-refractivity contribution < 1.29 is 9.18 Å². The fraction of sp³-hybridized carbons (Fsp3) is 0.0455. The summed E-state index contributed by atoms with van der Waals surface area (Å²) in [7, 11) is 0. The van der Waals surface area contributed by atoms with E-state index in [0.717, 1.165) is 11.8 Å². The number of hydrogen-bond donors (Lipinski definition) is 0. The van der Waals surface area contributed by atoms with Gasteiger partial charge in [-0.15, -0.1) is 0 Å². The van der Waals surface area contributed by atoms with Crippen molar-refractivity contribution in [1.29, 1.82) is 0 Å². The monoisotopic (exact) mass is 458 g/mol. The van der Waals surface area contributed by atoms with Crippen LogP contribution >= 0.6 is 35.0 Å². The fourth-order valence-corrected chi connectivity index (χ4v) is 4.10. The summed E-state index contributed by atoms with van der Waals surface area (Å²) >= 11 is 13.2.